The van der Waals surface area contributed by atoms with Gasteiger partial charge in [-0.05, 0) is 24.3 Å². The summed E-state index contributed by atoms with van der Waals surface area (Å²) in [5, 5.41) is 11.4. The summed E-state index contributed by atoms with van der Waals surface area (Å²) in [6.07, 6.45) is 3.21. The Balaban J connectivity index is 1.97. The van der Waals surface area contributed by atoms with Crippen molar-refractivity contribution in [3.63, 3.8) is 0 Å². The molecule has 0 bridgehead atoms. The van der Waals surface area contributed by atoms with E-state index in [1.54, 1.807) is 36.8 Å². The summed E-state index contributed by atoms with van der Waals surface area (Å²) >= 11 is 0. The van der Waals surface area contributed by atoms with Crippen molar-refractivity contribution in [2.45, 2.75) is 6.54 Å². The van der Waals surface area contributed by atoms with Crippen LogP contribution in [0.4, 0.5) is 0 Å². The zero-order valence-corrected chi connectivity index (χ0v) is 8.97. The number of nitrogens with zero attached hydrogens (tertiary/aromatic N) is 2. The fourth-order valence-electron chi connectivity index (χ4n) is 1.36. The van der Waals surface area contributed by atoms with E-state index in [9.17, 15) is 4.79 Å². The summed E-state index contributed by atoms with van der Waals surface area (Å²) in [6.45, 7) is 0.402. The predicted molar refractivity (Wildman–Crippen MR) is 60.9 cm³/mol. The van der Waals surface area contributed by atoms with Gasteiger partial charge in [0, 0.05) is 11.8 Å². The molecule has 0 aliphatic rings. The van der Waals surface area contributed by atoms with Crippen molar-refractivity contribution in [2.75, 3.05) is 0 Å². The first-order valence-electron chi connectivity index (χ1n) is 5.05. The van der Waals surface area contributed by atoms with Gasteiger partial charge in [0.2, 0.25) is 0 Å². The molecule has 84 valence electrons. The highest BCUT2D eigenvalue weighted by Gasteiger charge is 2.05. The Labute approximate surface area is 98.1 Å². The lowest BCUT2D eigenvalue weighted by Gasteiger charge is -2.03. The van der Waals surface area contributed by atoms with Gasteiger partial charge >= 0.3 is 0 Å². The van der Waals surface area contributed by atoms with Crippen LogP contribution >= 0.6 is 0 Å². The van der Waals surface area contributed by atoms with Gasteiger partial charge in [-0.15, -0.1) is 0 Å². The zero-order valence-electron chi connectivity index (χ0n) is 8.97. The second kappa shape index (κ2) is 4.94. The van der Waals surface area contributed by atoms with Crippen molar-refractivity contribution < 1.29 is 4.79 Å². The van der Waals surface area contributed by atoms with E-state index in [2.05, 4.69) is 15.3 Å². The first-order valence-corrected chi connectivity index (χ1v) is 5.05. The molecule has 0 fully saturated rings. The van der Waals surface area contributed by atoms with Gasteiger partial charge in [-0.25, -0.2) is 4.98 Å². The van der Waals surface area contributed by atoms with E-state index in [0.29, 0.717) is 17.7 Å². The van der Waals surface area contributed by atoms with Gasteiger partial charge in [0.1, 0.15) is 0 Å². The van der Waals surface area contributed by atoms with Crippen LogP contribution in [0.2, 0.25) is 0 Å². The molecule has 0 saturated carbocycles. The molecule has 0 saturated heterocycles. The van der Waals surface area contributed by atoms with Crippen LogP contribution in [0.15, 0.2) is 36.8 Å². The van der Waals surface area contributed by atoms with E-state index < -0.39 is 0 Å². The third-order valence-corrected chi connectivity index (χ3v) is 2.27. The van der Waals surface area contributed by atoms with Crippen LogP contribution in [0.1, 0.15) is 21.6 Å². The van der Waals surface area contributed by atoms with Gasteiger partial charge in [0.15, 0.2) is 0 Å². The molecular weight excluding hydrogens is 216 g/mol. The zero-order chi connectivity index (χ0) is 12.1. The third-order valence-electron chi connectivity index (χ3n) is 2.27. The van der Waals surface area contributed by atoms with Gasteiger partial charge in [-0.1, -0.05) is 0 Å². The fraction of sp³-hybridized carbons (Fsp3) is 0.0833. The Morgan fingerprint density at radius 2 is 2.18 bits per heavy atom. The number of carbonyl (C=O) groups is 1. The molecule has 0 unspecified atom stereocenters. The number of nitrogens with one attached hydrogen (secondary N) is 2. The summed E-state index contributed by atoms with van der Waals surface area (Å²) in [5.74, 6) is -0.177. The van der Waals surface area contributed by atoms with Crippen LogP contribution in [0.5, 0.6) is 0 Å². The number of aromatic amines is 1. The Morgan fingerprint density at radius 1 is 1.41 bits per heavy atom. The lowest BCUT2D eigenvalue weighted by Crippen LogP contribution is -2.22. The predicted octanol–water partition coefficient (Wildman–Crippen LogP) is 1.21. The van der Waals surface area contributed by atoms with E-state index in [-0.39, 0.29) is 5.91 Å². The SMILES string of the molecule is N#Cc1ccc(C(=O)NCc2cnc[nH]2)cc1. The number of nitriles is 1. The standard InChI is InChI=1S/C12H10N4O/c13-5-9-1-3-10(4-2-9)12(17)15-7-11-6-14-8-16-11/h1-4,6,8H,7H2,(H,14,16)(H,15,17). The Bertz CT molecular complexity index is 537. The summed E-state index contributed by atoms with van der Waals surface area (Å²) in [5.41, 5.74) is 1.91. The van der Waals surface area contributed by atoms with Crippen LogP contribution in [0, 0.1) is 11.3 Å². The first-order chi connectivity index (χ1) is 8.29. The minimum Gasteiger partial charge on any atom is -0.347 e. The minimum absolute atomic E-state index is 0.177. The molecule has 2 rings (SSSR count). The number of hydrogen-bond acceptors (Lipinski definition) is 3. The van der Waals surface area contributed by atoms with Crippen molar-refractivity contribution in [2.24, 2.45) is 0 Å². The summed E-state index contributed by atoms with van der Waals surface area (Å²) < 4.78 is 0. The van der Waals surface area contributed by atoms with E-state index in [4.69, 9.17) is 5.26 Å². The third kappa shape index (κ3) is 2.69. The lowest BCUT2D eigenvalue weighted by molar-refractivity contribution is 0.0950. The van der Waals surface area contributed by atoms with Crippen LogP contribution in [0.3, 0.4) is 0 Å². The molecule has 17 heavy (non-hydrogen) atoms. The molecule has 0 radical (unpaired) electrons. The average Bonchev–Trinajstić information content (AvgIpc) is 2.89. The van der Waals surface area contributed by atoms with E-state index in [1.807, 2.05) is 6.07 Å². The number of benzene rings is 1. The molecule has 2 N–H and O–H groups in total. The molecule has 0 aliphatic carbocycles. The van der Waals surface area contributed by atoms with Gasteiger partial charge in [0.25, 0.3) is 5.91 Å². The summed E-state index contributed by atoms with van der Waals surface area (Å²) in [7, 11) is 0. The Hall–Kier alpha value is -2.61. The smallest absolute Gasteiger partial charge is 0.251 e. The maximum Gasteiger partial charge on any atom is 0.251 e. The van der Waals surface area contributed by atoms with Crippen LogP contribution in [-0.2, 0) is 6.54 Å². The molecule has 1 aromatic carbocycles. The quantitative estimate of drug-likeness (QED) is 0.825. The second-order valence-electron chi connectivity index (χ2n) is 3.45. The normalized spacial score (nSPS) is 9.59. The number of hydrogen-bond donors (Lipinski definition) is 2. The minimum atomic E-state index is -0.177. The highest BCUT2D eigenvalue weighted by Crippen LogP contribution is 2.03. The van der Waals surface area contributed by atoms with Crippen molar-refractivity contribution in [3.8, 4) is 6.07 Å². The van der Waals surface area contributed by atoms with Gasteiger partial charge < -0.3 is 10.3 Å². The largest absolute Gasteiger partial charge is 0.347 e. The first kappa shape index (κ1) is 10.9. The van der Waals surface area contributed by atoms with Crippen molar-refractivity contribution in [1.29, 1.82) is 5.26 Å². The van der Waals surface area contributed by atoms with Crippen LogP contribution in [-0.4, -0.2) is 15.9 Å². The highest BCUT2D eigenvalue weighted by atomic mass is 16.1. The average molecular weight is 226 g/mol. The van der Waals surface area contributed by atoms with Gasteiger partial charge in [-0.3, -0.25) is 4.79 Å². The molecule has 1 amide bonds. The van der Waals surface area contributed by atoms with Crippen LogP contribution in [0.25, 0.3) is 0 Å². The molecule has 5 heteroatoms. The number of amides is 1. The molecule has 1 aromatic heterocycles. The summed E-state index contributed by atoms with van der Waals surface area (Å²) in [6, 6.07) is 8.49. The number of aromatic nitrogens is 2. The van der Waals surface area contributed by atoms with E-state index in [1.165, 1.54) is 0 Å². The molecule has 0 aliphatic heterocycles. The van der Waals surface area contributed by atoms with Crippen molar-refractivity contribution in [3.05, 3.63) is 53.6 Å². The molecule has 2 aromatic rings. The van der Waals surface area contributed by atoms with Gasteiger partial charge in [-0.2, -0.15) is 5.26 Å². The molecule has 0 spiro atoms. The molecule has 1 heterocycles. The maximum absolute atomic E-state index is 11.7. The van der Waals surface area contributed by atoms with Gasteiger partial charge in [0.05, 0.1) is 30.2 Å². The highest BCUT2D eigenvalue weighted by molar-refractivity contribution is 5.94. The molecule has 5 nitrogen and oxygen atoms in total. The fourth-order valence-corrected chi connectivity index (χ4v) is 1.36. The van der Waals surface area contributed by atoms with E-state index >= 15 is 0 Å². The maximum atomic E-state index is 11.7. The van der Waals surface area contributed by atoms with Crippen molar-refractivity contribution >= 4 is 5.91 Å². The van der Waals surface area contributed by atoms with Crippen LogP contribution < -0.4 is 5.32 Å². The topological polar surface area (TPSA) is 81.6 Å². The number of rotatable bonds is 3. The Kier molecular flexibility index (Phi) is 3.17. The number of carbonyl (C=O) groups excluding carboxylic acids is 1. The second-order valence-corrected chi connectivity index (χ2v) is 3.45. The molecular formula is C12H10N4O. The lowest BCUT2D eigenvalue weighted by atomic mass is 10.1. The Morgan fingerprint density at radius 3 is 2.76 bits per heavy atom. The number of H-pyrrole nitrogens is 1. The summed E-state index contributed by atoms with van der Waals surface area (Å²) in [4.78, 5) is 18.5. The molecule has 0 atom stereocenters. The monoisotopic (exact) mass is 226 g/mol. The van der Waals surface area contributed by atoms with Crippen molar-refractivity contribution in [1.82, 2.24) is 15.3 Å². The van der Waals surface area contributed by atoms with E-state index in [0.717, 1.165) is 5.69 Å². The number of imidazole rings is 1.